The summed E-state index contributed by atoms with van der Waals surface area (Å²) in [5, 5.41) is 0. The molecule has 5 heteroatoms. The summed E-state index contributed by atoms with van der Waals surface area (Å²) in [6.45, 7) is 0. The molecular weight excluding hydrogens is 318 g/mol. The molecule has 2 aromatic carbocycles. The number of hydrogen-bond acceptors (Lipinski definition) is 4. The van der Waals surface area contributed by atoms with Gasteiger partial charge in [0.15, 0.2) is 11.5 Å². The first kappa shape index (κ1) is 16.8. The van der Waals surface area contributed by atoms with Crippen molar-refractivity contribution >= 4 is 23.6 Å². The molecule has 0 saturated carbocycles. The quantitative estimate of drug-likeness (QED) is 0.804. The summed E-state index contributed by atoms with van der Waals surface area (Å²) in [7, 11) is 3.12. The fraction of sp³-hybridized carbons (Fsp3) is 0.200. The minimum Gasteiger partial charge on any atom is -0.493 e. The largest absolute Gasteiger partial charge is 0.493 e. The van der Waals surface area contributed by atoms with E-state index in [-0.39, 0.29) is 11.8 Å². The summed E-state index contributed by atoms with van der Waals surface area (Å²) in [5.74, 6) is 0.662. The third-order valence-electron chi connectivity index (χ3n) is 4.14. The van der Waals surface area contributed by atoms with Crippen molar-refractivity contribution in [3.63, 3.8) is 0 Å². The number of fused-ring (bicyclic) bond motifs is 1. The van der Waals surface area contributed by atoms with E-state index in [0.717, 1.165) is 11.1 Å². The molecule has 0 aromatic heterocycles. The van der Waals surface area contributed by atoms with Gasteiger partial charge in [0.05, 0.1) is 19.9 Å². The topological polar surface area (TPSA) is 55.8 Å². The van der Waals surface area contributed by atoms with Gasteiger partial charge in [0, 0.05) is 12.5 Å². The number of carbonyl (C=O) groups is 2. The number of benzene rings is 2. The van der Waals surface area contributed by atoms with Crippen LogP contribution in [0.2, 0.25) is 0 Å². The number of aryl methyl sites for hydroxylation is 1. The summed E-state index contributed by atoms with van der Waals surface area (Å²) in [5.41, 5.74) is 2.46. The van der Waals surface area contributed by atoms with Gasteiger partial charge in [0.2, 0.25) is 5.91 Å². The molecule has 25 heavy (non-hydrogen) atoms. The summed E-state index contributed by atoms with van der Waals surface area (Å²) in [6.07, 6.45) is 4.07. The summed E-state index contributed by atoms with van der Waals surface area (Å²) in [4.78, 5) is 26.1. The first-order valence-corrected chi connectivity index (χ1v) is 7.99. The van der Waals surface area contributed by atoms with Crippen molar-refractivity contribution < 1.29 is 19.1 Å². The van der Waals surface area contributed by atoms with Crippen LogP contribution >= 0.6 is 0 Å². The summed E-state index contributed by atoms with van der Waals surface area (Å²) in [6, 6.07) is 12.8. The van der Waals surface area contributed by atoms with E-state index in [9.17, 15) is 9.59 Å². The van der Waals surface area contributed by atoms with E-state index in [0.29, 0.717) is 30.0 Å². The van der Waals surface area contributed by atoms with Crippen molar-refractivity contribution in [3.8, 4) is 11.5 Å². The Bertz CT molecular complexity index is 841. The lowest BCUT2D eigenvalue weighted by molar-refractivity contribution is -0.124. The van der Waals surface area contributed by atoms with Gasteiger partial charge >= 0.3 is 0 Å². The molecule has 2 aromatic rings. The van der Waals surface area contributed by atoms with Crippen molar-refractivity contribution in [2.75, 3.05) is 19.1 Å². The van der Waals surface area contributed by atoms with Crippen LogP contribution in [0.1, 0.15) is 17.5 Å². The smallest absolute Gasteiger partial charge is 0.257 e. The van der Waals surface area contributed by atoms with Crippen LogP contribution in [0.5, 0.6) is 11.5 Å². The molecule has 0 aliphatic carbocycles. The van der Waals surface area contributed by atoms with Crippen LogP contribution in [0.3, 0.4) is 0 Å². The number of anilines is 1. The van der Waals surface area contributed by atoms with E-state index in [2.05, 4.69) is 0 Å². The molecule has 1 aliphatic heterocycles. The number of imide groups is 1. The molecule has 0 saturated heterocycles. The third-order valence-corrected chi connectivity index (χ3v) is 4.14. The molecule has 0 fully saturated rings. The van der Waals surface area contributed by atoms with Gasteiger partial charge in [-0.3, -0.25) is 9.59 Å². The normalized spacial score (nSPS) is 13.7. The predicted molar refractivity (Wildman–Crippen MR) is 95.8 cm³/mol. The van der Waals surface area contributed by atoms with E-state index < -0.39 is 0 Å². The minimum absolute atomic E-state index is 0.180. The highest BCUT2D eigenvalue weighted by Crippen LogP contribution is 2.29. The fourth-order valence-corrected chi connectivity index (χ4v) is 2.87. The van der Waals surface area contributed by atoms with Crippen molar-refractivity contribution in [3.05, 3.63) is 59.7 Å². The second-order valence-corrected chi connectivity index (χ2v) is 5.64. The minimum atomic E-state index is -0.355. The molecule has 0 unspecified atom stereocenters. The van der Waals surface area contributed by atoms with Crippen LogP contribution in [-0.2, 0) is 16.0 Å². The van der Waals surface area contributed by atoms with Crippen molar-refractivity contribution in [2.24, 2.45) is 0 Å². The standard InChI is InChI=1S/C20H19NO4/c1-24-17-10-7-14(13-18(17)25-2)8-11-19(22)21-16-6-4-3-5-15(16)9-12-20(21)23/h3-8,10-11,13H,9,12H2,1-2H3. The highest BCUT2D eigenvalue weighted by Gasteiger charge is 2.27. The van der Waals surface area contributed by atoms with E-state index in [4.69, 9.17) is 9.47 Å². The van der Waals surface area contributed by atoms with E-state index in [1.807, 2.05) is 24.3 Å². The molecule has 0 bridgehead atoms. The fourth-order valence-electron chi connectivity index (χ4n) is 2.87. The zero-order valence-corrected chi connectivity index (χ0v) is 14.2. The summed E-state index contributed by atoms with van der Waals surface area (Å²) >= 11 is 0. The van der Waals surface area contributed by atoms with Crippen LogP contribution in [-0.4, -0.2) is 26.0 Å². The van der Waals surface area contributed by atoms with Gasteiger partial charge in [-0.15, -0.1) is 0 Å². The molecule has 3 rings (SSSR count). The maximum atomic E-state index is 12.6. The Hall–Kier alpha value is -3.08. The SMILES string of the molecule is COc1ccc(C=CC(=O)N2C(=O)CCc3ccccc32)cc1OC. The van der Waals surface area contributed by atoms with E-state index in [1.165, 1.54) is 11.0 Å². The molecule has 0 N–H and O–H groups in total. The number of amides is 2. The second-order valence-electron chi connectivity index (χ2n) is 5.64. The maximum Gasteiger partial charge on any atom is 0.257 e. The number of rotatable bonds is 4. The van der Waals surface area contributed by atoms with Crippen molar-refractivity contribution in [2.45, 2.75) is 12.8 Å². The average molecular weight is 337 g/mol. The number of nitrogens with zero attached hydrogens (tertiary/aromatic N) is 1. The molecule has 5 nitrogen and oxygen atoms in total. The van der Waals surface area contributed by atoms with Crippen molar-refractivity contribution in [1.29, 1.82) is 0 Å². The van der Waals surface area contributed by atoms with Crippen LogP contribution in [0.15, 0.2) is 48.5 Å². The Morgan fingerprint density at radius 2 is 1.80 bits per heavy atom. The van der Waals surface area contributed by atoms with Gasteiger partial charge in [-0.2, -0.15) is 0 Å². The Labute approximate surface area is 146 Å². The Morgan fingerprint density at radius 3 is 2.56 bits per heavy atom. The molecule has 2 amide bonds. The lowest BCUT2D eigenvalue weighted by Crippen LogP contribution is -2.39. The number of ether oxygens (including phenoxy) is 2. The molecule has 1 heterocycles. The summed E-state index contributed by atoms with van der Waals surface area (Å²) < 4.78 is 10.5. The lowest BCUT2D eigenvalue weighted by atomic mass is 10.0. The van der Waals surface area contributed by atoms with Gasteiger partial charge in [-0.05, 0) is 41.8 Å². The van der Waals surface area contributed by atoms with Crippen molar-refractivity contribution in [1.82, 2.24) is 0 Å². The third kappa shape index (κ3) is 3.40. The van der Waals surface area contributed by atoms with Gasteiger partial charge in [-0.1, -0.05) is 24.3 Å². The van der Waals surface area contributed by atoms with Crippen LogP contribution < -0.4 is 14.4 Å². The van der Waals surface area contributed by atoms with Crippen LogP contribution in [0.25, 0.3) is 6.08 Å². The monoisotopic (exact) mass is 337 g/mol. The van der Waals surface area contributed by atoms with Gasteiger partial charge in [0.25, 0.3) is 5.91 Å². The van der Waals surface area contributed by atoms with Crippen LogP contribution in [0.4, 0.5) is 5.69 Å². The second kappa shape index (κ2) is 7.21. The Balaban J connectivity index is 1.85. The van der Waals surface area contributed by atoms with Gasteiger partial charge < -0.3 is 9.47 Å². The highest BCUT2D eigenvalue weighted by molar-refractivity contribution is 6.20. The lowest BCUT2D eigenvalue weighted by Gasteiger charge is -2.26. The van der Waals surface area contributed by atoms with Gasteiger partial charge in [-0.25, -0.2) is 4.90 Å². The highest BCUT2D eigenvalue weighted by atomic mass is 16.5. The molecule has 0 atom stereocenters. The molecule has 128 valence electrons. The van der Waals surface area contributed by atoms with Gasteiger partial charge in [0.1, 0.15) is 0 Å². The zero-order valence-electron chi connectivity index (χ0n) is 14.2. The number of methoxy groups -OCH3 is 2. The van der Waals surface area contributed by atoms with E-state index in [1.54, 1.807) is 38.5 Å². The van der Waals surface area contributed by atoms with E-state index >= 15 is 0 Å². The molecule has 0 spiro atoms. The average Bonchev–Trinajstić information content (AvgIpc) is 2.65. The number of hydrogen-bond donors (Lipinski definition) is 0. The Morgan fingerprint density at radius 1 is 1.04 bits per heavy atom. The maximum absolute atomic E-state index is 12.6. The first-order valence-electron chi connectivity index (χ1n) is 7.99. The number of para-hydroxylation sites is 1. The predicted octanol–water partition coefficient (Wildman–Crippen LogP) is 3.22. The molecular formula is C20H19NO4. The molecule has 0 radical (unpaired) electrons. The number of carbonyl (C=O) groups excluding carboxylic acids is 2. The van der Waals surface area contributed by atoms with Crippen LogP contribution in [0, 0.1) is 0 Å². The first-order chi connectivity index (χ1) is 12.1. The zero-order chi connectivity index (χ0) is 17.8. The molecule has 1 aliphatic rings. The Kier molecular flexibility index (Phi) is 4.84.